The lowest BCUT2D eigenvalue weighted by Crippen LogP contribution is -2.42. The van der Waals surface area contributed by atoms with Crippen LogP contribution in [-0.2, 0) is 4.79 Å². The van der Waals surface area contributed by atoms with E-state index in [4.69, 9.17) is 6.57 Å². The van der Waals surface area contributed by atoms with E-state index in [9.17, 15) is 14.3 Å². The van der Waals surface area contributed by atoms with Crippen LogP contribution in [-0.4, -0.2) is 22.4 Å². The Hall–Kier alpha value is -2.36. The van der Waals surface area contributed by atoms with E-state index in [2.05, 4.69) is 10.2 Å². The molecule has 1 atom stereocenters. The second-order valence-corrected chi connectivity index (χ2v) is 6.63. The number of hydrogen-bond donors (Lipinski definition) is 2. The zero-order valence-electron chi connectivity index (χ0n) is 13.3. The zero-order chi connectivity index (χ0) is 17.7. The quantitative estimate of drug-likeness (QED) is 0.632. The van der Waals surface area contributed by atoms with Crippen molar-refractivity contribution in [1.29, 1.82) is 0 Å². The van der Waals surface area contributed by atoms with Gasteiger partial charge < -0.3 is 10.4 Å². The lowest BCUT2D eigenvalue weighted by molar-refractivity contribution is -0.130. The molecule has 124 valence electrons. The minimum atomic E-state index is -1.59. The molecule has 0 saturated carbocycles. The van der Waals surface area contributed by atoms with Crippen molar-refractivity contribution >= 4 is 29.0 Å². The molecule has 0 aliphatic rings. The third-order valence-corrected chi connectivity index (χ3v) is 4.71. The molecule has 2 aromatic rings. The number of rotatable bonds is 5. The second kappa shape index (κ2) is 7.47. The molecule has 0 heterocycles. The van der Waals surface area contributed by atoms with Crippen molar-refractivity contribution in [3.63, 3.8) is 0 Å². The lowest BCUT2D eigenvalue weighted by Gasteiger charge is -2.22. The minimum Gasteiger partial charge on any atom is -0.379 e. The van der Waals surface area contributed by atoms with Crippen molar-refractivity contribution in [3.8, 4) is 0 Å². The summed E-state index contributed by atoms with van der Waals surface area (Å²) in [6.07, 6.45) is 0. The highest BCUT2D eigenvalue weighted by molar-refractivity contribution is 7.99. The third-order valence-electron chi connectivity index (χ3n) is 3.40. The van der Waals surface area contributed by atoms with Gasteiger partial charge in [0.2, 0.25) is 0 Å². The molecule has 2 rings (SSSR count). The van der Waals surface area contributed by atoms with Crippen molar-refractivity contribution < 1.29 is 14.3 Å². The molecular weight excluding hydrogens is 327 g/mol. The van der Waals surface area contributed by atoms with Gasteiger partial charge in [-0.1, -0.05) is 6.07 Å². The maximum atomic E-state index is 12.9. The highest BCUT2D eigenvalue weighted by atomic mass is 32.2. The standard InChI is InChI=1S/C18H17FN2O2S/c1-12-10-14(6-9-16(12)20-3)21-17(22)18(2,23)11-24-15-7-4-13(19)5-8-15/h4-10,23H,11H2,1-2H3,(H,21,22). The van der Waals surface area contributed by atoms with Gasteiger partial charge in [-0.05, 0) is 55.8 Å². The molecule has 1 unspecified atom stereocenters. The average Bonchev–Trinajstić information content (AvgIpc) is 2.54. The number of amides is 1. The van der Waals surface area contributed by atoms with Crippen molar-refractivity contribution in [2.75, 3.05) is 11.1 Å². The predicted octanol–water partition coefficient (Wildman–Crippen LogP) is 4.17. The van der Waals surface area contributed by atoms with Gasteiger partial charge in [0.15, 0.2) is 5.69 Å². The number of aliphatic hydroxyl groups is 1. The summed E-state index contributed by atoms with van der Waals surface area (Å²) in [7, 11) is 0. The monoisotopic (exact) mass is 344 g/mol. The van der Waals surface area contributed by atoms with Crippen LogP contribution in [0.1, 0.15) is 12.5 Å². The Balaban J connectivity index is 2.00. The number of hydrogen-bond acceptors (Lipinski definition) is 3. The number of thioether (sulfide) groups is 1. The van der Waals surface area contributed by atoms with E-state index in [1.807, 2.05) is 0 Å². The molecule has 0 radical (unpaired) electrons. The molecule has 0 aromatic heterocycles. The lowest BCUT2D eigenvalue weighted by atomic mass is 10.1. The maximum absolute atomic E-state index is 12.9. The number of carbonyl (C=O) groups excluding carboxylic acids is 1. The summed E-state index contributed by atoms with van der Waals surface area (Å²) in [6, 6.07) is 10.8. The first kappa shape index (κ1) is 18.0. The van der Waals surface area contributed by atoms with E-state index in [1.165, 1.54) is 30.8 Å². The van der Waals surface area contributed by atoms with E-state index >= 15 is 0 Å². The van der Waals surface area contributed by atoms with Crippen molar-refractivity contribution in [1.82, 2.24) is 0 Å². The van der Waals surface area contributed by atoms with Gasteiger partial charge >= 0.3 is 0 Å². The first-order valence-corrected chi connectivity index (χ1v) is 8.21. The fourth-order valence-corrected chi connectivity index (χ4v) is 2.85. The number of carbonyl (C=O) groups is 1. The molecule has 0 bridgehead atoms. The fourth-order valence-electron chi connectivity index (χ4n) is 1.94. The number of halogens is 1. The Morgan fingerprint density at radius 2 is 2.00 bits per heavy atom. The SMILES string of the molecule is [C-]#[N+]c1ccc(NC(=O)C(C)(O)CSc2ccc(F)cc2)cc1C. The number of benzene rings is 2. The Labute approximate surface area is 144 Å². The minimum absolute atomic E-state index is 0.129. The smallest absolute Gasteiger partial charge is 0.256 e. The van der Waals surface area contributed by atoms with E-state index in [-0.39, 0.29) is 11.6 Å². The average molecular weight is 344 g/mol. The van der Waals surface area contributed by atoms with Gasteiger partial charge in [0.25, 0.3) is 5.91 Å². The third kappa shape index (κ3) is 4.57. The van der Waals surface area contributed by atoms with Crippen LogP contribution in [0.25, 0.3) is 4.85 Å². The molecule has 0 aliphatic carbocycles. The molecule has 4 nitrogen and oxygen atoms in total. The summed E-state index contributed by atoms with van der Waals surface area (Å²) in [5, 5.41) is 13.0. The summed E-state index contributed by atoms with van der Waals surface area (Å²) >= 11 is 1.27. The van der Waals surface area contributed by atoms with Crippen LogP contribution < -0.4 is 5.32 Å². The predicted molar refractivity (Wildman–Crippen MR) is 93.8 cm³/mol. The molecule has 0 saturated heterocycles. The van der Waals surface area contributed by atoms with Crippen LogP contribution >= 0.6 is 11.8 Å². The Kier molecular flexibility index (Phi) is 5.60. The van der Waals surface area contributed by atoms with Gasteiger partial charge in [-0.25, -0.2) is 9.24 Å². The molecule has 1 amide bonds. The molecule has 24 heavy (non-hydrogen) atoms. The maximum Gasteiger partial charge on any atom is 0.256 e. The van der Waals surface area contributed by atoms with Crippen molar-refractivity contribution in [2.45, 2.75) is 24.3 Å². The number of aryl methyl sites for hydroxylation is 1. The van der Waals surface area contributed by atoms with E-state index in [0.717, 1.165) is 10.5 Å². The Morgan fingerprint density at radius 3 is 2.58 bits per heavy atom. The van der Waals surface area contributed by atoms with Crippen LogP contribution in [0.3, 0.4) is 0 Å². The second-order valence-electron chi connectivity index (χ2n) is 5.58. The first-order valence-electron chi connectivity index (χ1n) is 7.22. The van der Waals surface area contributed by atoms with Crippen molar-refractivity contribution in [3.05, 3.63) is 65.3 Å². The summed E-state index contributed by atoms with van der Waals surface area (Å²) in [5.41, 5.74) is 0.206. The molecule has 0 fully saturated rings. The van der Waals surface area contributed by atoms with E-state index in [1.54, 1.807) is 37.3 Å². The Bertz CT molecular complexity index is 783. The van der Waals surface area contributed by atoms with Gasteiger partial charge in [0.05, 0.1) is 6.57 Å². The Morgan fingerprint density at radius 1 is 1.33 bits per heavy atom. The zero-order valence-corrected chi connectivity index (χ0v) is 14.2. The van der Waals surface area contributed by atoms with Crippen LogP contribution in [0.2, 0.25) is 0 Å². The highest BCUT2D eigenvalue weighted by Gasteiger charge is 2.30. The summed E-state index contributed by atoms with van der Waals surface area (Å²) in [6.45, 7) is 10.2. The first-order chi connectivity index (χ1) is 11.3. The van der Waals surface area contributed by atoms with Crippen LogP contribution in [0.15, 0.2) is 47.4 Å². The summed E-state index contributed by atoms with van der Waals surface area (Å²) in [4.78, 5) is 16.4. The fraction of sp³-hybridized carbons (Fsp3) is 0.222. The molecule has 0 aliphatic heterocycles. The number of nitrogens with one attached hydrogen (secondary N) is 1. The topological polar surface area (TPSA) is 53.7 Å². The van der Waals surface area contributed by atoms with E-state index < -0.39 is 11.5 Å². The molecule has 6 heteroatoms. The molecule has 2 aromatic carbocycles. The van der Waals surface area contributed by atoms with Crippen LogP contribution in [0.5, 0.6) is 0 Å². The molecular formula is C18H17FN2O2S. The highest BCUT2D eigenvalue weighted by Crippen LogP contribution is 2.26. The van der Waals surface area contributed by atoms with Gasteiger partial charge in [0, 0.05) is 16.3 Å². The number of anilines is 1. The molecule has 0 spiro atoms. The van der Waals surface area contributed by atoms with Gasteiger partial charge in [-0.2, -0.15) is 0 Å². The summed E-state index contributed by atoms with van der Waals surface area (Å²) < 4.78 is 12.9. The van der Waals surface area contributed by atoms with Crippen LogP contribution in [0, 0.1) is 19.3 Å². The van der Waals surface area contributed by atoms with Crippen LogP contribution in [0.4, 0.5) is 15.8 Å². The van der Waals surface area contributed by atoms with Gasteiger partial charge in [0.1, 0.15) is 11.4 Å². The molecule has 2 N–H and O–H groups in total. The van der Waals surface area contributed by atoms with E-state index in [0.29, 0.717) is 11.4 Å². The normalized spacial score (nSPS) is 13.0. The summed E-state index contributed by atoms with van der Waals surface area (Å²) in [5.74, 6) is -0.738. The number of nitrogens with zero attached hydrogens (tertiary/aromatic N) is 1. The van der Waals surface area contributed by atoms with Gasteiger partial charge in [-0.3, -0.25) is 4.79 Å². The largest absolute Gasteiger partial charge is 0.379 e. The van der Waals surface area contributed by atoms with Gasteiger partial charge in [-0.15, -0.1) is 11.8 Å². The van der Waals surface area contributed by atoms with Crippen molar-refractivity contribution in [2.24, 2.45) is 0 Å².